The molecule has 0 heterocycles. The van der Waals surface area contributed by atoms with Gasteiger partial charge in [0.05, 0.1) is 18.5 Å². The van der Waals surface area contributed by atoms with Crippen LogP contribution in [0, 0.1) is 18.6 Å². The maximum atomic E-state index is 13.2. The molecule has 1 aromatic carbocycles. The number of rotatable bonds is 3. The molecule has 0 aliphatic carbocycles. The lowest BCUT2D eigenvalue weighted by atomic mass is 10.2. The number of aliphatic imine (C=N–C) groups is 1. The quantitative estimate of drug-likeness (QED) is 0.464. The average molecular weight is 227 g/mol. The van der Waals surface area contributed by atoms with Crippen LogP contribution in [0.3, 0.4) is 0 Å². The first kappa shape index (κ1) is 12.3. The molecule has 86 valence electrons. The van der Waals surface area contributed by atoms with Crippen molar-refractivity contribution in [2.24, 2.45) is 15.9 Å². The Kier molecular flexibility index (Phi) is 4.07. The molecule has 0 amide bonds. The number of aliphatic hydroxyl groups is 1. The zero-order chi connectivity index (χ0) is 12.1. The van der Waals surface area contributed by atoms with Crippen LogP contribution in [0.5, 0.6) is 0 Å². The summed E-state index contributed by atoms with van der Waals surface area (Å²) in [7, 11) is 0. The fourth-order valence-electron chi connectivity index (χ4n) is 1.000. The van der Waals surface area contributed by atoms with E-state index in [1.54, 1.807) is 0 Å². The smallest absolute Gasteiger partial charge is 0.151 e. The van der Waals surface area contributed by atoms with Gasteiger partial charge >= 0.3 is 0 Å². The molecular weight excluding hydrogens is 216 g/mol. The van der Waals surface area contributed by atoms with E-state index >= 15 is 0 Å². The van der Waals surface area contributed by atoms with Crippen LogP contribution < -0.4 is 5.84 Å². The van der Waals surface area contributed by atoms with Gasteiger partial charge in [0.2, 0.25) is 0 Å². The molecule has 0 saturated carbocycles. The minimum atomic E-state index is -0.784. The molecule has 1 rings (SSSR count). The number of hydrogen-bond donors (Lipinski definition) is 2. The van der Waals surface area contributed by atoms with Crippen LogP contribution in [0.4, 0.5) is 14.5 Å². The second-order valence-corrected chi connectivity index (χ2v) is 3.09. The molecule has 4 nitrogen and oxygen atoms in total. The predicted molar refractivity (Wildman–Crippen MR) is 58.0 cm³/mol. The monoisotopic (exact) mass is 227 g/mol. The molecule has 0 bridgehead atoms. The highest BCUT2D eigenvalue weighted by Gasteiger charge is 2.05. The Bertz CT molecular complexity index is 444. The second kappa shape index (κ2) is 5.32. The minimum Gasteiger partial charge on any atom is -0.390 e. The zero-order valence-electron chi connectivity index (χ0n) is 8.61. The third-order valence-electron chi connectivity index (χ3n) is 1.91. The molecule has 0 aromatic heterocycles. The van der Waals surface area contributed by atoms with Gasteiger partial charge in [0.25, 0.3) is 0 Å². The van der Waals surface area contributed by atoms with Crippen molar-refractivity contribution in [1.29, 1.82) is 0 Å². The van der Waals surface area contributed by atoms with E-state index in [1.165, 1.54) is 13.0 Å². The molecule has 1 aromatic rings. The van der Waals surface area contributed by atoms with E-state index in [1.807, 2.05) is 0 Å². The number of nitrogens with two attached hydrogens (primary N) is 1. The van der Waals surface area contributed by atoms with Crippen LogP contribution in [-0.4, -0.2) is 23.6 Å². The standard InChI is InChI=1S/C10H11F2N3O/c1-6-2-10(9(12)3-8(6)11)14-4-7(5-16)15-13/h2-4,16H,5,13H2,1H3. The van der Waals surface area contributed by atoms with E-state index in [4.69, 9.17) is 10.9 Å². The third kappa shape index (κ3) is 2.83. The Balaban J connectivity index is 3.02. The summed E-state index contributed by atoms with van der Waals surface area (Å²) in [5.41, 5.74) is 0.346. The molecule has 16 heavy (non-hydrogen) atoms. The van der Waals surface area contributed by atoms with Crippen molar-refractivity contribution in [3.8, 4) is 0 Å². The lowest BCUT2D eigenvalue weighted by Gasteiger charge is -2.00. The summed E-state index contributed by atoms with van der Waals surface area (Å²) < 4.78 is 26.1. The normalized spacial score (nSPS) is 12.4. The Morgan fingerprint density at radius 3 is 2.69 bits per heavy atom. The van der Waals surface area contributed by atoms with Gasteiger partial charge in [-0.15, -0.1) is 0 Å². The van der Waals surface area contributed by atoms with Gasteiger partial charge in [-0.1, -0.05) is 0 Å². The first-order valence-electron chi connectivity index (χ1n) is 4.45. The number of hydrogen-bond acceptors (Lipinski definition) is 4. The van der Waals surface area contributed by atoms with Gasteiger partial charge in [0.1, 0.15) is 11.5 Å². The summed E-state index contributed by atoms with van der Waals surface area (Å²) in [5.74, 6) is 3.51. The fourth-order valence-corrected chi connectivity index (χ4v) is 1.000. The summed E-state index contributed by atoms with van der Waals surface area (Å²) in [4.78, 5) is 3.71. The van der Waals surface area contributed by atoms with Gasteiger partial charge in [-0.2, -0.15) is 5.10 Å². The van der Waals surface area contributed by atoms with Gasteiger partial charge in [-0.3, -0.25) is 4.99 Å². The van der Waals surface area contributed by atoms with Crippen molar-refractivity contribution >= 4 is 17.6 Å². The summed E-state index contributed by atoms with van der Waals surface area (Å²) in [5, 5.41) is 11.9. The first-order valence-corrected chi connectivity index (χ1v) is 4.45. The summed E-state index contributed by atoms with van der Waals surface area (Å²) in [6.45, 7) is 1.10. The molecule has 6 heteroatoms. The number of nitrogens with zero attached hydrogens (tertiary/aromatic N) is 2. The molecular formula is C10H11F2N3O. The van der Waals surface area contributed by atoms with Crippen molar-refractivity contribution in [1.82, 2.24) is 0 Å². The summed E-state index contributed by atoms with van der Waals surface area (Å²) >= 11 is 0. The molecule has 0 unspecified atom stereocenters. The Morgan fingerprint density at radius 1 is 1.44 bits per heavy atom. The van der Waals surface area contributed by atoms with E-state index in [9.17, 15) is 8.78 Å². The molecule has 0 fully saturated rings. The zero-order valence-corrected chi connectivity index (χ0v) is 8.61. The highest BCUT2D eigenvalue weighted by atomic mass is 19.1. The average Bonchev–Trinajstić information content (AvgIpc) is 2.26. The molecule has 0 saturated heterocycles. The molecule has 0 aliphatic heterocycles. The topological polar surface area (TPSA) is 71.0 Å². The largest absolute Gasteiger partial charge is 0.390 e. The predicted octanol–water partition coefficient (Wildman–Crippen LogP) is 1.28. The van der Waals surface area contributed by atoms with E-state index in [0.29, 0.717) is 0 Å². The SMILES string of the molecule is Cc1cc(N=CC(CO)=NN)c(F)cc1F. The summed E-state index contributed by atoms with van der Waals surface area (Å²) in [6.07, 6.45) is 1.12. The van der Waals surface area contributed by atoms with Gasteiger partial charge in [0.15, 0.2) is 5.82 Å². The Morgan fingerprint density at radius 2 is 2.12 bits per heavy atom. The van der Waals surface area contributed by atoms with Crippen molar-refractivity contribution in [3.05, 3.63) is 29.3 Å². The van der Waals surface area contributed by atoms with E-state index in [-0.39, 0.29) is 17.0 Å². The van der Waals surface area contributed by atoms with Crippen LogP contribution in [0.25, 0.3) is 0 Å². The van der Waals surface area contributed by atoms with Crippen molar-refractivity contribution in [2.45, 2.75) is 6.92 Å². The molecule has 3 N–H and O–H groups in total. The van der Waals surface area contributed by atoms with E-state index in [0.717, 1.165) is 12.3 Å². The molecule has 0 atom stereocenters. The number of aryl methyl sites for hydroxylation is 1. The van der Waals surface area contributed by atoms with E-state index in [2.05, 4.69) is 10.1 Å². The highest BCUT2D eigenvalue weighted by Crippen LogP contribution is 2.21. The lowest BCUT2D eigenvalue weighted by molar-refractivity contribution is 0.359. The molecule has 0 aliphatic rings. The van der Waals surface area contributed by atoms with E-state index < -0.39 is 18.2 Å². The lowest BCUT2D eigenvalue weighted by Crippen LogP contribution is -2.08. The number of benzene rings is 1. The maximum absolute atomic E-state index is 13.2. The second-order valence-electron chi connectivity index (χ2n) is 3.09. The van der Waals surface area contributed by atoms with Crippen LogP contribution >= 0.6 is 0 Å². The number of aliphatic hydroxyl groups excluding tert-OH is 1. The van der Waals surface area contributed by atoms with Crippen molar-refractivity contribution in [2.75, 3.05) is 6.61 Å². The maximum Gasteiger partial charge on any atom is 0.151 e. The minimum absolute atomic E-state index is 0.0338. The molecule has 0 radical (unpaired) electrons. The summed E-state index contributed by atoms with van der Waals surface area (Å²) in [6, 6.07) is 2.01. The van der Waals surface area contributed by atoms with Crippen LogP contribution in [0.15, 0.2) is 22.2 Å². The van der Waals surface area contributed by atoms with Gasteiger partial charge < -0.3 is 10.9 Å². The molecule has 0 spiro atoms. The van der Waals surface area contributed by atoms with Crippen molar-refractivity contribution < 1.29 is 13.9 Å². The van der Waals surface area contributed by atoms with Gasteiger partial charge in [-0.05, 0) is 18.6 Å². The third-order valence-corrected chi connectivity index (χ3v) is 1.91. The highest BCUT2D eigenvalue weighted by molar-refractivity contribution is 6.31. The first-order chi connectivity index (χ1) is 7.58. The Labute approximate surface area is 91.1 Å². The Hall–Kier alpha value is -1.82. The van der Waals surface area contributed by atoms with Crippen LogP contribution in [0.1, 0.15) is 5.56 Å². The number of halogens is 2. The number of hydrazone groups is 1. The van der Waals surface area contributed by atoms with Crippen molar-refractivity contribution in [3.63, 3.8) is 0 Å². The van der Waals surface area contributed by atoms with Gasteiger partial charge in [0, 0.05) is 6.07 Å². The fraction of sp³-hybridized carbons (Fsp3) is 0.200. The van der Waals surface area contributed by atoms with Crippen LogP contribution in [0.2, 0.25) is 0 Å². The van der Waals surface area contributed by atoms with Crippen LogP contribution in [-0.2, 0) is 0 Å². The van der Waals surface area contributed by atoms with Gasteiger partial charge in [-0.25, -0.2) is 8.78 Å².